The monoisotopic (exact) mass is 428 g/mol. The summed E-state index contributed by atoms with van der Waals surface area (Å²) in [5.41, 5.74) is 2.08. The minimum atomic E-state index is -1.01. The summed E-state index contributed by atoms with van der Waals surface area (Å²) in [5, 5.41) is 22.4. The topological polar surface area (TPSA) is 109 Å². The number of amides is 1. The SMILES string of the molecule is Cc1c([C@H](C)C(=O)NCCC(=O)O)c2cc(O)ccc2n1C(=O)c1cccc(Cl)c1. The average Bonchev–Trinajstić information content (AvgIpc) is 2.97. The summed E-state index contributed by atoms with van der Waals surface area (Å²) in [7, 11) is 0. The van der Waals surface area contributed by atoms with E-state index in [9.17, 15) is 19.5 Å². The number of carboxylic acid groups (broad SMARTS) is 1. The molecule has 0 bridgehead atoms. The first kappa shape index (κ1) is 21.4. The Morgan fingerprint density at radius 1 is 1.17 bits per heavy atom. The lowest BCUT2D eigenvalue weighted by atomic mass is 9.97. The van der Waals surface area contributed by atoms with Gasteiger partial charge in [-0.05, 0) is 55.8 Å². The summed E-state index contributed by atoms with van der Waals surface area (Å²) < 4.78 is 1.50. The van der Waals surface area contributed by atoms with Crippen molar-refractivity contribution in [1.82, 2.24) is 9.88 Å². The highest BCUT2D eigenvalue weighted by Crippen LogP contribution is 2.34. The van der Waals surface area contributed by atoms with E-state index in [-0.39, 0.29) is 30.5 Å². The van der Waals surface area contributed by atoms with Crippen LogP contribution in [0.1, 0.15) is 40.9 Å². The first-order valence-corrected chi connectivity index (χ1v) is 9.72. The van der Waals surface area contributed by atoms with Crippen molar-refractivity contribution < 1.29 is 24.6 Å². The number of hydrogen-bond donors (Lipinski definition) is 3. The Morgan fingerprint density at radius 2 is 1.90 bits per heavy atom. The van der Waals surface area contributed by atoms with E-state index >= 15 is 0 Å². The molecule has 3 N–H and O–H groups in total. The number of rotatable bonds is 6. The molecular weight excluding hydrogens is 408 g/mol. The number of nitrogens with zero attached hydrogens (tertiary/aromatic N) is 1. The second kappa shape index (κ2) is 8.59. The van der Waals surface area contributed by atoms with Gasteiger partial charge in [-0.15, -0.1) is 0 Å². The quantitative estimate of drug-likeness (QED) is 0.554. The second-order valence-corrected chi connectivity index (χ2v) is 7.44. The van der Waals surface area contributed by atoms with Crippen molar-refractivity contribution in [1.29, 1.82) is 0 Å². The van der Waals surface area contributed by atoms with E-state index < -0.39 is 11.9 Å². The molecule has 0 aliphatic heterocycles. The normalized spacial score (nSPS) is 12.0. The standard InChI is InChI=1S/C22H21ClN2O5/c1-12(21(29)24-9-8-19(27)28)20-13(2)25(18-7-6-16(26)11-17(18)20)22(30)14-4-3-5-15(23)10-14/h3-7,10-12,26H,8-9H2,1-2H3,(H,24,29)(H,27,28)/t12-/m0/s1. The van der Waals surface area contributed by atoms with Crippen LogP contribution in [0.15, 0.2) is 42.5 Å². The van der Waals surface area contributed by atoms with Crippen LogP contribution in [0.5, 0.6) is 5.75 Å². The Kier molecular flexibility index (Phi) is 6.12. The van der Waals surface area contributed by atoms with Gasteiger partial charge < -0.3 is 15.5 Å². The summed E-state index contributed by atoms with van der Waals surface area (Å²) in [6.07, 6.45) is -0.187. The molecule has 3 aromatic rings. The summed E-state index contributed by atoms with van der Waals surface area (Å²) in [5.74, 6) is -2.34. The van der Waals surface area contributed by atoms with Gasteiger partial charge in [0.15, 0.2) is 0 Å². The molecule has 0 unspecified atom stereocenters. The maximum Gasteiger partial charge on any atom is 0.305 e. The van der Waals surface area contributed by atoms with Crippen LogP contribution in [0.3, 0.4) is 0 Å². The van der Waals surface area contributed by atoms with Gasteiger partial charge in [0, 0.05) is 28.2 Å². The van der Waals surface area contributed by atoms with E-state index in [1.165, 1.54) is 16.7 Å². The van der Waals surface area contributed by atoms with Gasteiger partial charge in [-0.25, -0.2) is 0 Å². The third-order valence-corrected chi connectivity index (χ3v) is 5.21. The number of carboxylic acids is 1. The highest BCUT2D eigenvalue weighted by molar-refractivity contribution is 6.31. The van der Waals surface area contributed by atoms with E-state index in [0.29, 0.717) is 32.7 Å². The number of benzene rings is 2. The molecule has 0 spiro atoms. The highest BCUT2D eigenvalue weighted by Gasteiger charge is 2.27. The molecule has 156 valence electrons. The van der Waals surface area contributed by atoms with E-state index in [2.05, 4.69) is 5.32 Å². The minimum absolute atomic E-state index is 0.00287. The molecule has 0 aliphatic carbocycles. The highest BCUT2D eigenvalue weighted by atomic mass is 35.5. The van der Waals surface area contributed by atoms with Crippen molar-refractivity contribution in [2.24, 2.45) is 0 Å². The van der Waals surface area contributed by atoms with E-state index in [1.807, 2.05) is 0 Å². The third-order valence-electron chi connectivity index (χ3n) is 4.98. The summed E-state index contributed by atoms with van der Waals surface area (Å²) >= 11 is 6.03. The fourth-order valence-electron chi connectivity index (χ4n) is 3.57. The van der Waals surface area contributed by atoms with Gasteiger partial charge in [-0.3, -0.25) is 19.0 Å². The first-order chi connectivity index (χ1) is 14.2. The van der Waals surface area contributed by atoms with Gasteiger partial charge in [0.1, 0.15) is 5.75 Å². The van der Waals surface area contributed by atoms with Gasteiger partial charge in [-0.1, -0.05) is 17.7 Å². The number of aromatic nitrogens is 1. The van der Waals surface area contributed by atoms with Gasteiger partial charge in [0.05, 0.1) is 17.9 Å². The van der Waals surface area contributed by atoms with Crippen molar-refractivity contribution in [2.45, 2.75) is 26.2 Å². The van der Waals surface area contributed by atoms with Crippen LogP contribution < -0.4 is 5.32 Å². The number of aliphatic carboxylic acids is 1. The largest absolute Gasteiger partial charge is 0.508 e. The Labute approximate surface area is 177 Å². The van der Waals surface area contributed by atoms with E-state index in [4.69, 9.17) is 16.7 Å². The first-order valence-electron chi connectivity index (χ1n) is 9.34. The molecule has 0 fully saturated rings. The zero-order valence-corrected chi connectivity index (χ0v) is 17.2. The fourth-order valence-corrected chi connectivity index (χ4v) is 3.76. The average molecular weight is 429 g/mol. The molecule has 1 heterocycles. The molecular formula is C22H21ClN2O5. The van der Waals surface area contributed by atoms with Crippen LogP contribution in [-0.4, -0.2) is 39.1 Å². The molecule has 8 heteroatoms. The molecule has 30 heavy (non-hydrogen) atoms. The van der Waals surface area contributed by atoms with Crippen LogP contribution >= 0.6 is 11.6 Å². The number of nitrogens with one attached hydrogen (secondary N) is 1. The van der Waals surface area contributed by atoms with Crippen LogP contribution in [0.25, 0.3) is 10.9 Å². The lowest BCUT2D eigenvalue weighted by Gasteiger charge is -2.13. The van der Waals surface area contributed by atoms with Crippen molar-refractivity contribution in [3.8, 4) is 5.75 Å². The molecule has 0 radical (unpaired) electrons. The van der Waals surface area contributed by atoms with Gasteiger partial charge in [0.2, 0.25) is 5.91 Å². The molecule has 0 saturated heterocycles. The van der Waals surface area contributed by atoms with E-state index in [0.717, 1.165) is 0 Å². The van der Waals surface area contributed by atoms with Crippen LogP contribution in [0.4, 0.5) is 0 Å². The lowest BCUT2D eigenvalue weighted by molar-refractivity contribution is -0.136. The molecule has 0 saturated carbocycles. The Balaban J connectivity index is 2.08. The van der Waals surface area contributed by atoms with Gasteiger partial charge in [0.25, 0.3) is 5.91 Å². The van der Waals surface area contributed by atoms with Crippen molar-refractivity contribution >= 4 is 40.3 Å². The Morgan fingerprint density at radius 3 is 2.57 bits per heavy atom. The lowest BCUT2D eigenvalue weighted by Crippen LogP contribution is -2.30. The van der Waals surface area contributed by atoms with Crippen LogP contribution in [0, 0.1) is 6.92 Å². The fraction of sp³-hybridized carbons (Fsp3) is 0.227. The zero-order chi connectivity index (χ0) is 22.0. The summed E-state index contributed by atoms with van der Waals surface area (Å²) in [4.78, 5) is 36.6. The maximum absolute atomic E-state index is 13.2. The number of phenolic OH excluding ortho intramolecular Hbond substituents is 1. The van der Waals surface area contributed by atoms with Crippen LogP contribution in [-0.2, 0) is 9.59 Å². The number of carbonyl (C=O) groups is 3. The second-order valence-electron chi connectivity index (χ2n) is 7.01. The minimum Gasteiger partial charge on any atom is -0.508 e. The zero-order valence-electron chi connectivity index (χ0n) is 16.5. The molecule has 2 aromatic carbocycles. The molecule has 1 atom stereocenters. The number of hydrogen-bond acceptors (Lipinski definition) is 4. The van der Waals surface area contributed by atoms with E-state index in [1.54, 1.807) is 44.2 Å². The van der Waals surface area contributed by atoms with Crippen LogP contribution in [0.2, 0.25) is 5.02 Å². The molecule has 1 amide bonds. The van der Waals surface area contributed by atoms with Crippen molar-refractivity contribution in [3.63, 3.8) is 0 Å². The van der Waals surface area contributed by atoms with Gasteiger partial charge in [-0.2, -0.15) is 0 Å². The molecule has 1 aromatic heterocycles. The molecule has 0 aliphatic rings. The summed E-state index contributed by atoms with van der Waals surface area (Å²) in [6.45, 7) is 3.41. The Hall–Kier alpha value is -3.32. The maximum atomic E-state index is 13.2. The smallest absolute Gasteiger partial charge is 0.305 e. The number of aromatic hydroxyl groups is 1. The Bertz CT molecular complexity index is 1150. The van der Waals surface area contributed by atoms with Crippen molar-refractivity contribution in [2.75, 3.05) is 6.54 Å². The number of carbonyl (C=O) groups excluding carboxylic acids is 2. The molecule has 3 rings (SSSR count). The van der Waals surface area contributed by atoms with Gasteiger partial charge >= 0.3 is 5.97 Å². The molecule has 7 nitrogen and oxygen atoms in total. The number of fused-ring (bicyclic) bond motifs is 1. The third kappa shape index (κ3) is 4.16. The number of phenols is 1. The van der Waals surface area contributed by atoms with Crippen molar-refractivity contribution in [3.05, 3.63) is 64.3 Å². The predicted molar refractivity (Wildman–Crippen MR) is 113 cm³/mol. The predicted octanol–water partition coefficient (Wildman–Crippen LogP) is 3.69. The number of halogens is 1. The summed E-state index contributed by atoms with van der Waals surface area (Å²) in [6, 6.07) is 11.2.